The van der Waals surface area contributed by atoms with Crippen molar-refractivity contribution in [1.82, 2.24) is 0 Å². The van der Waals surface area contributed by atoms with Crippen molar-refractivity contribution in [2.24, 2.45) is 39.4 Å². The Morgan fingerprint density at radius 1 is 0.831 bits per heavy atom. The van der Waals surface area contributed by atoms with Gasteiger partial charge >= 0.3 is 0 Å². The molecule has 0 aromatic heterocycles. The summed E-state index contributed by atoms with van der Waals surface area (Å²) in [6.07, 6.45) is -14.4. The number of allylic oxidation sites excluding steroid dienone is 4. The second kappa shape index (κ2) is 15.5. The Bertz CT molecular complexity index is 1710. The molecule has 59 heavy (non-hydrogen) atoms. The molecule has 2 heterocycles. The minimum atomic E-state index is -2.02. The molecule has 10 N–H and O–H groups in total. The summed E-state index contributed by atoms with van der Waals surface area (Å²) in [6, 6.07) is 0. The Morgan fingerprint density at radius 2 is 1.42 bits per heavy atom. The average molecular weight is 841 g/mol. The minimum Gasteiger partial charge on any atom is -0.459 e. The van der Waals surface area contributed by atoms with E-state index in [4.69, 9.17) is 18.9 Å². The lowest BCUT2D eigenvalue weighted by Gasteiger charge is -2.63. The molecular formula is C42H64O17. The quantitative estimate of drug-likeness (QED) is 0.111. The van der Waals surface area contributed by atoms with E-state index in [2.05, 4.69) is 0 Å². The molecule has 2 aliphatic heterocycles. The molecule has 0 aromatic carbocycles. The third-order valence-corrected chi connectivity index (χ3v) is 15.4. The lowest BCUT2D eigenvalue weighted by molar-refractivity contribution is -0.356. The number of hydrogen-bond donors (Lipinski definition) is 10. The van der Waals surface area contributed by atoms with Crippen molar-refractivity contribution in [3.63, 3.8) is 0 Å². The number of aliphatic hydroxyl groups is 10. The van der Waals surface area contributed by atoms with Gasteiger partial charge in [-0.25, -0.2) is 0 Å². The molecule has 4 fully saturated rings. The number of aliphatic hydroxyl groups excluding tert-OH is 8. The summed E-state index contributed by atoms with van der Waals surface area (Å²) in [5, 5.41) is 107. The molecule has 0 bridgehead atoms. The highest BCUT2D eigenvalue weighted by Crippen LogP contribution is 2.74. The third kappa shape index (κ3) is 7.19. The average Bonchev–Trinajstić information content (AvgIpc) is 3.36. The molecule has 0 unspecified atom stereocenters. The molecule has 6 aliphatic rings. The van der Waals surface area contributed by atoms with Crippen LogP contribution in [-0.4, -0.2) is 160 Å². The van der Waals surface area contributed by atoms with Gasteiger partial charge in [0.2, 0.25) is 12.1 Å². The van der Waals surface area contributed by atoms with Gasteiger partial charge in [0.1, 0.15) is 60.2 Å². The predicted octanol–water partition coefficient (Wildman–Crippen LogP) is -1.07. The fraction of sp³-hybridized carbons (Fsp3) is 0.833. The third-order valence-electron chi connectivity index (χ3n) is 15.4. The standard InChI is InChI=1S/C42H64O17/c1-37(2,54)12-11-25(46)42(8,55)33-20(45)14-39(5)24-10-9-18-19(41(24,7)26(47)15-40(33,39)6)13-21(34(53)38(18,3)4)56-35-31(52)29(50)32(23(17-44)58-35)59-36-30(51)28(49)27(48)22(16-43)57-36/h9,13,19-20,22-24,27-33,35-36,43-45,48-52,54-55H,10-12,14-17H2,1-8H3/t19-,20-,22-,23-,24-,27-,28+,29-,30-,31-,32-,33+,35-,36-,39+,40-,41+,42+/m1/s1. The summed E-state index contributed by atoms with van der Waals surface area (Å²) < 4.78 is 22.9. The van der Waals surface area contributed by atoms with Crippen molar-refractivity contribution in [2.45, 2.75) is 166 Å². The molecule has 2 saturated heterocycles. The number of Topliss-reactive ketones (excluding diaryl/α,β-unsaturated/α-hetero) is 3. The second-order valence-electron chi connectivity index (χ2n) is 19.9. The van der Waals surface area contributed by atoms with E-state index < -0.39 is 143 Å². The van der Waals surface area contributed by atoms with Crippen LogP contribution in [0.2, 0.25) is 0 Å². The molecule has 0 spiro atoms. The number of hydrogen-bond acceptors (Lipinski definition) is 17. The van der Waals surface area contributed by atoms with Crippen molar-refractivity contribution in [3.8, 4) is 0 Å². The summed E-state index contributed by atoms with van der Waals surface area (Å²) in [6.45, 7) is 12.0. The van der Waals surface area contributed by atoms with Gasteiger partial charge in [0.05, 0.1) is 30.3 Å². The Labute approximate surface area is 343 Å². The monoisotopic (exact) mass is 840 g/mol. The first-order chi connectivity index (χ1) is 27.1. The van der Waals surface area contributed by atoms with Crippen LogP contribution < -0.4 is 0 Å². The minimum absolute atomic E-state index is 0.0952. The molecule has 4 aliphatic carbocycles. The number of ketones is 3. The van der Waals surface area contributed by atoms with E-state index in [1.807, 2.05) is 26.8 Å². The van der Waals surface area contributed by atoms with E-state index >= 15 is 0 Å². The molecule has 17 heteroatoms. The van der Waals surface area contributed by atoms with Crippen molar-refractivity contribution < 1.29 is 84.4 Å². The van der Waals surface area contributed by atoms with Gasteiger partial charge in [0, 0.05) is 30.1 Å². The number of carbonyl (C=O) groups excluding carboxylic acids is 3. The zero-order chi connectivity index (χ0) is 44.2. The smallest absolute Gasteiger partial charge is 0.229 e. The largest absolute Gasteiger partial charge is 0.459 e. The highest BCUT2D eigenvalue weighted by molar-refractivity contribution is 6.02. The molecule has 6 rings (SSSR count). The lowest BCUT2D eigenvalue weighted by Crippen LogP contribution is -2.65. The Kier molecular flexibility index (Phi) is 12.2. The van der Waals surface area contributed by atoms with Crippen molar-refractivity contribution in [2.75, 3.05) is 13.2 Å². The maximum atomic E-state index is 14.9. The Morgan fingerprint density at radius 3 is 2.02 bits per heavy atom. The van der Waals surface area contributed by atoms with Gasteiger partial charge in [-0.05, 0) is 76.7 Å². The fourth-order valence-electron chi connectivity index (χ4n) is 11.7. The summed E-state index contributed by atoms with van der Waals surface area (Å²) in [5.74, 6) is -3.70. The van der Waals surface area contributed by atoms with Crippen LogP contribution in [0.3, 0.4) is 0 Å². The normalized spacial score (nSPS) is 46.9. The van der Waals surface area contributed by atoms with Crippen molar-refractivity contribution in [1.29, 1.82) is 0 Å². The molecule has 0 amide bonds. The van der Waals surface area contributed by atoms with Gasteiger partial charge in [-0.15, -0.1) is 0 Å². The Balaban J connectivity index is 1.29. The van der Waals surface area contributed by atoms with Crippen molar-refractivity contribution in [3.05, 3.63) is 23.5 Å². The number of carbonyl (C=O) groups is 3. The summed E-state index contributed by atoms with van der Waals surface area (Å²) in [7, 11) is 0. The lowest BCUT2D eigenvalue weighted by atomic mass is 9.39. The van der Waals surface area contributed by atoms with E-state index in [1.165, 1.54) is 13.0 Å². The topological polar surface area (TPSA) is 290 Å². The maximum absolute atomic E-state index is 14.9. The van der Waals surface area contributed by atoms with Crippen LogP contribution in [0.25, 0.3) is 0 Å². The first-order valence-corrected chi connectivity index (χ1v) is 20.5. The van der Waals surface area contributed by atoms with E-state index in [9.17, 15) is 65.4 Å². The first kappa shape index (κ1) is 46.3. The van der Waals surface area contributed by atoms with Crippen LogP contribution >= 0.6 is 0 Å². The van der Waals surface area contributed by atoms with Gasteiger partial charge in [0.15, 0.2) is 17.8 Å². The molecule has 2 saturated carbocycles. The highest BCUT2D eigenvalue weighted by atomic mass is 16.7. The summed E-state index contributed by atoms with van der Waals surface area (Å²) in [4.78, 5) is 42.7. The zero-order valence-electron chi connectivity index (χ0n) is 35.0. The van der Waals surface area contributed by atoms with Crippen LogP contribution in [-0.2, 0) is 33.3 Å². The van der Waals surface area contributed by atoms with Crippen molar-refractivity contribution >= 4 is 17.3 Å². The van der Waals surface area contributed by atoms with Gasteiger partial charge in [0.25, 0.3) is 0 Å². The van der Waals surface area contributed by atoms with E-state index in [1.54, 1.807) is 27.7 Å². The second-order valence-corrected chi connectivity index (χ2v) is 19.9. The molecule has 17 nitrogen and oxygen atoms in total. The van der Waals surface area contributed by atoms with Gasteiger partial charge < -0.3 is 70.0 Å². The summed E-state index contributed by atoms with van der Waals surface area (Å²) in [5.41, 5.74) is -6.77. The van der Waals surface area contributed by atoms with Crippen LogP contribution in [0.1, 0.15) is 87.5 Å². The predicted molar refractivity (Wildman–Crippen MR) is 203 cm³/mol. The molecular weight excluding hydrogens is 776 g/mol. The maximum Gasteiger partial charge on any atom is 0.229 e. The molecule has 0 radical (unpaired) electrons. The first-order valence-electron chi connectivity index (χ1n) is 20.5. The number of ether oxygens (including phenoxy) is 4. The van der Waals surface area contributed by atoms with Crippen LogP contribution in [0.15, 0.2) is 23.5 Å². The molecule has 334 valence electrons. The van der Waals surface area contributed by atoms with Gasteiger partial charge in [-0.2, -0.15) is 0 Å². The highest BCUT2D eigenvalue weighted by Gasteiger charge is 2.74. The zero-order valence-corrected chi connectivity index (χ0v) is 35.0. The summed E-state index contributed by atoms with van der Waals surface area (Å²) >= 11 is 0. The van der Waals surface area contributed by atoms with Gasteiger partial charge in [-0.1, -0.05) is 32.4 Å². The van der Waals surface area contributed by atoms with E-state index in [-0.39, 0.29) is 37.2 Å². The Hall–Kier alpha value is -2.23. The van der Waals surface area contributed by atoms with E-state index in [0.29, 0.717) is 12.0 Å². The van der Waals surface area contributed by atoms with Crippen LogP contribution in [0, 0.1) is 39.4 Å². The number of fused-ring (bicyclic) bond motifs is 5. The van der Waals surface area contributed by atoms with Crippen LogP contribution in [0.5, 0.6) is 0 Å². The van der Waals surface area contributed by atoms with Gasteiger partial charge in [-0.3, -0.25) is 14.4 Å². The molecule has 0 aromatic rings. The SMILES string of the molecule is CC(C)(O)CCC(=O)[C@](C)(O)[C@H]1[C@H](O)C[C@@]2(C)[C@H]3CC=C4[C@@H](C=C(O[C@@H]5O[C@H](CO)[C@@H](O[C@H]6O[C@H](CO)[C@@H](O)[C@H](O)[C@H]6O)[C@H](O)[C@H]5O)C(=O)C4(C)C)[C@]3(C)C(=O)C[C@]12C. The number of rotatable bonds is 11. The molecule has 18 atom stereocenters. The fourth-order valence-corrected chi connectivity index (χ4v) is 11.7. The van der Waals surface area contributed by atoms with Crippen LogP contribution in [0.4, 0.5) is 0 Å². The van der Waals surface area contributed by atoms with E-state index in [0.717, 1.165) is 0 Å².